The number of benzene rings is 1. The van der Waals surface area contributed by atoms with Crippen LogP contribution in [0.2, 0.25) is 0 Å². The SMILES string of the molecule is CCOc1cc(NCCC2CCCN2)ccc1[N+](=O)[O-]. The van der Waals surface area contributed by atoms with Crippen molar-refractivity contribution in [3.63, 3.8) is 0 Å². The van der Waals surface area contributed by atoms with Crippen molar-refractivity contribution >= 4 is 11.4 Å². The molecule has 0 aromatic heterocycles. The summed E-state index contributed by atoms with van der Waals surface area (Å²) < 4.78 is 5.32. The van der Waals surface area contributed by atoms with E-state index >= 15 is 0 Å². The number of nitrogens with one attached hydrogen (secondary N) is 2. The van der Waals surface area contributed by atoms with Crippen molar-refractivity contribution in [2.45, 2.75) is 32.2 Å². The summed E-state index contributed by atoms with van der Waals surface area (Å²) in [4.78, 5) is 10.5. The fourth-order valence-electron chi connectivity index (χ4n) is 2.44. The van der Waals surface area contributed by atoms with E-state index in [0.29, 0.717) is 18.4 Å². The van der Waals surface area contributed by atoms with E-state index in [1.807, 2.05) is 6.92 Å². The Bertz CT molecular complexity index is 459. The third-order valence-electron chi connectivity index (χ3n) is 3.44. The highest BCUT2D eigenvalue weighted by atomic mass is 16.6. The lowest BCUT2D eigenvalue weighted by molar-refractivity contribution is -0.385. The minimum Gasteiger partial charge on any atom is -0.487 e. The van der Waals surface area contributed by atoms with Gasteiger partial charge in [0.2, 0.25) is 0 Å². The normalized spacial score (nSPS) is 17.9. The van der Waals surface area contributed by atoms with Gasteiger partial charge in [0.1, 0.15) is 0 Å². The number of hydrogen-bond acceptors (Lipinski definition) is 5. The first-order valence-electron chi connectivity index (χ1n) is 7.09. The number of rotatable bonds is 7. The van der Waals surface area contributed by atoms with Crippen molar-refractivity contribution in [2.24, 2.45) is 0 Å². The summed E-state index contributed by atoms with van der Waals surface area (Å²) in [6.45, 7) is 4.18. The van der Waals surface area contributed by atoms with Crippen molar-refractivity contribution in [3.8, 4) is 5.75 Å². The summed E-state index contributed by atoms with van der Waals surface area (Å²) in [6, 6.07) is 5.50. The Morgan fingerprint density at radius 1 is 1.55 bits per heavy atom. The number of nitrogens with zero attached hydrogens (tertiary/aromatic N) is 1. The van der Waals surface area contributed by atoms with Crippen molar-refractivity contribution in [1.82, 2.24) is 5.32 Å². The molecule has 0 radical (unpaired) electrons. The van der Waals surface area contributed by atoms with Crippen molar-refractivity contribution in [1.29, 1.82) is 0 Å². The largest absolute Gasteiger partial charge is 0.487 e. The fraction of sp³-hybridized carbons (Fsp3) is 0.571. The molecule has 110 valence electrons. The Morgan fingerprint density at radius 2 is 2.40 bits per heavy atom. The van der Waals surface area contributed by atoms with Crippen molar-refractivity contribution in [3.05, 3.63) is 28.3 Å². The van der Waals surface area contributed by atoms with Crippen LogP contribution in [-0.4, -0.2) is 30.7 Å². The van der Waals surface area contributed by atoms with Crippen molar-refractivity contribution < 1.29 is 9.66 Å². The molecule has 0 bridgehead atoms. The molecule has 1 unspecified atom stereocenters. The third-order valence-corrected chi connectivity index (χ3v) is 3.44. The number of anilines is 1. The zero-order valence-electron chi connectivity index (χ0n) is 11.7. The molecular formula is C14H21N3O3. The van der Waals surface area contributed by atoms with E-state index in [1.54, 1.807) is 12.1 Å². The van der Waals surface area contributed by atoms with E-state index in [0.717, 1.165) is 25.2 Å². The highest BCUT2D eigenvalue weighted by Gasteiger charge is 2.16. The molecule has 1 saturated heterocycles. The molecule has 20 heavy (non-hydrogen) atoms. The molecule has 1 aliphatic rings. The molecule has 2 rings (SSSR count). The maximum Gasteiger partial charge on any atom is 0.311 e. The van der Waals surface area contributed by atoms with Gasteiger partial charge in [0.25, 0.3) is 0 Å². The molecule has 2 N–H and O–H groups in total. The molecule has 1 fully saturated rings. The Labute approximate surface area is 118 Å². The summed E-state index contributed by atoms with van der Waals surface area (Å²) in [7, 11) is 0. The van der Waals surface area contributed by atoms with Gasteiger partial charge in [-0.1, -0.05) is 0 Å². The minimum atomic E-state index is -0.419. The van der Waals surface area contributed by atoms with E-state index < -0.39 is 4.92 Å². The molecule has 1 heterocycles. The number of ether oxygens (including phenoxy) is 1. The number of nitro benzene ring substituents is 1. The maximum atomic E-state index is 10.9. The van der Waals surface area contributed by atoms with E-state index in [1.165, 1.54) is 18.9 Å². The van der Waals surface area contributed by atoms with Gasteiger partial charge in [-0.15, -0.1) is 0 Å². The van der Waals surface area contributed by atoms with Gasteiger partial charge < -0.3 is 15.4 Å². The second kappa shape index (κ2) is 7.09. The lowest BCUT2D eigenvalue weighted by Crippen LogP contribution is -2.24. The van der Waals surface area contributed by atoms with Gasteiger partial charge in [-0.2, -0.15) is 0 Å². The van der Waals surface area contributed by atoms with Crippen LogP contribution < -0.4 is 15.4 Å². The molecule has 0 aliphatic carbocycles. The maximum absolute atomic E-state index is 10.9. The highest BCUT2D eigenvalue weighted by Crippen LogP contribution is 2.30. The summed E-state index contributed by atoms with van der Waals surface area (Å²) in [6.07, 6.45) is 3.53. The highest BCUT2D eigenvalue weighted by molar-refractivity contribution is 5.57. The van der Waals surface area contributed by atoms with Gasteiger partial charge in [-0.25, -0.2) is 0 Å². The molecular weight excluding hydrogens is 258 g/mol. The van der Waals surface area contributed by atoms with E-state index in [4.69, 9.17) is 4.74 Å². The number of nitro groups is 1. The van der Waals surface area contributed by atoms with Crippen LogP contribution >= 0.6 is 0 Å². The molecule has 1 aromatic rings. The van der Waals surface area contributed by atoms with Gasteiger partial charge in [-0.3, -0.25) is 10.1 Å². The molecule has 1 aromatic carbocycles. The molecule has 1 aliphatic heterocycles. The number of hydrogen-bond donors (Lipinski definition) is 2. The van der Waals surface area contributed by atoms with Crippen LogP contribution in [0.4, 0.5) is 11.4 Å². The lowest BCUT2D eigenvalue weighted by atomic mass is 10.1. The topological polar surface area (TPSA) is 76.4 Å². The zero-order valence-corrected chi connectivity index (χ0v) is 11.7. The second-order valence-corrected chi connectivity index (χ2v) is 4.88. The van der Waals surface area contributed by atoms with Crippen molar-refractivity contribution in [2.75, 3.05) is 25.0 Å². The van der Waals surface area contributed by atoms with E-state index in [2.05, 4.69) is 10.6 Å². The first-order chi connectivity index (χ1) is 9.70. The van der Waals surface area contributed by atoms with Crippen LogP contribution in [0.3, 0.4) is 0 Å². The average molecular weight is 279 g/mol. The molecule has 6 heteroatoms. The summed E-state index contributed by atoms with van der Waals surface area (Å²) in [5.41, 5.74) is 0.868. The molecule has 0 spiro atoms. The van der Waals surface area contributed by atoms with Crippen LogP contribution in [0, 0.1) is 10.1 Å². The van der Waals surface area contributed by atoms with E-state index in [9.17, 15) is 10.1 Å². The fourth-order valence-corrected chi connectivity index (χ4v) is 2.44. The third kappa shape index (κ3) is 3.84. The Hall–Kier alpha value is -1.82. The smallest absolute Gasteiger partial charge is 0.311 e. The van der Waals surface area contributed by atoms with Gasteiger partial charge in [0.15, 0.2) is 5.75 Å². The Balaban J connectivity index is 1.93. The predicted molar refractivity (Wildman–Crippen MR) is 78.4 cm³/mol. The lowest BCUT2D eigenvalue weighted by Gasteiger charge is -2.12. The molecule has 0 amide bonds. The quantitative estimate of drug-likeness (QED) is 0.592. The predicted octanol–water partition coefficient (Wildman–Crippen LogP) is 2.55. The molecule has 6 nitrogen and oxygen atoms in total. The first-order valence-corrected chi connectivity index (χ1v) is 7.09. The van der Waals surface area contributed by atoms with E-state index in [-0.39, 0.29) is 5.69 Å². The second-order valence-electron chi connectivity index (χ2n) is 4.88. The summed E-state index contributed by atoms with van der Waals surface area (Å²) >= 11 is 0. The first kappa shape index (κ1) is 14.6. The van der Waals surface area contributed by atoms with Crippen LogP contribution in [0.1, 0.15) is 26.2 Å². The van der Waals surface area contributed by atoms with Gasteiger partial charge in [-0.05, 0) is 38.8 Å². The van der Waals surface area contributed by atoms with Crippen LogP contribution in [0.5, 0.6) is 5.75 Å². The Kier molecular flexibility index (Phi) is 5.17. The standard InChI is InChI=1S/C14H21N3O3/c1-2-20-14-10-12(5-6-13(14)17(18)19)16-9-7-11-4-3-8-15-11/h5-6,10-11,15-16H,2-4,7-9H2,1H3. The minimum absolute atomic E-state index is 0.00913. The zero-order chi connectivity index (χ0) is 14.4. The van der Waals surface area contributed by atoms with Gasteiger partial charge in [0.05, 0.1) is 11.5 Å². The summed E-state index contributed by atoms with van der Waals surface area (Å²) in [5, 5.41) is 17.6. The molecule has 0 saturated carbocycles. The van der Waals surface area contributed by atoms with Gasteiger partial charge in [0, 0.05) is 30.4 Å². The summed E-state index contributed by atoms with van der Waals surface area (Å²) in [5.74, 6) is 0.321. The Morgan fingerprint density at radius 3 is 3.05 bits per heavy atom. The monoisotopic (exact) mass is 279 g/mol. The van der Waals surface area contributed by atoms with Gasteiger partial charge >= 0.3 is 5.69 Å². The molecule has 1 atom stereocenters. The van der Waals surface area contributed by atoms with Crippen LogP contribution in [0.15, 0.2) is 18.2 Å². The average Bonchev–Trinajstić information content (AvgIpc) is 2.92. The van der Waals surface area contributed by atoms with Crippen LogP contribution in [-0.2, 0) is 0 Å². The van der Waals surface area contributed by atoms with Crippen LogP contribution in [0.25, 0.3) is 0 Å².